The largest absolute Gasteiger partial charge is 0.392 e. The first-order valence-electron chi connectivity index (χ1n) is 8.03. The number of amides is 3. The van der Waals surface area contributed by atoms with Crippen LogP contribution in [0.1, 0.15) is 22.3 Å². The predicted molar refractivity (Wildman–Crippen MR) is 85.9 cm³/mol. The van der Waals surface area contributed by atoms with Crippen molar-refractivity contribution in [2.45, 2.75) is 19.1 Å². The monoisotopic (exact) mass is 331 g/mol. The molecular weight excluding hydrogens is 310 g/mol. The van der Waals surface area contributed by atoms with E-state index in [1.54, 1.807) is 41.1 Å². The molecule has 1 aromatic rings. The van der Waals surface area contributed by atoms with Gasteiger partial charge in [0.2, 0.25) is 11.8 Å². The average Bonchev–Trinajstić information content (AvgIpc) is 2.94. The second-order valence-electron chi connectivity index (χ2n) is 6.28. The molecule has 0 radical (unpaired) electrons. The first kappa shape index (κ1) is 16.4. The fourth-order valence-electron chi connectivity index (χ4n) is 3.22. The number of carbonyl (C=O) groups is 3. The third-order valence-corrected chi connectivity index (χ3v) is 4.75. The van der Waals surface area contributed by atoms with Crippen LogP contribution in [0.3, 0.4) is 0 Å². The Kier molecular flexibility index (Phi) is 4.53. The number of hydrogen-bond donors (Lipinski definition) is 2. The number of hydrogen-bond acceptors (Lipinski definition) is 4. The molecular formula is C17H21N3O4. The van der Waals surface area contributed by atoms with E-state index in [2.05, 4.69) is 5.32 Å². The molecule has 0 aliphatic carbocycles. The highest BCUT2D eigenvalue weighted by molar-refractivity contribution is 5.95. The highest BCUT2D eigenvalue weighted by Gasteiger charge is 2.43. The van der Waals surface area contributed by atoms with Crippen molar-refractivity contribution in [3.8, 4) is 0 Å². The van der Waals surface area contributed by atoms with Crippen LogP contribution in [0.2, 0.25) is 0 Å². The topological polar surface area (TPSA) is 90.0 Å². The molecule has 0 saturated carbocycles. The molecule has 7 heteroatoms. The van der Waals surface area contributed by atoms with Gasteiger partial charge in [-0.1, -0.05) is 12.1 Å². The summed E-state index contributed by atoms with van der Waals surface area (Å²) in [5, 5.41) is 11.6. The maximum atomic E-state index is 12.4. The first-order valence-corrected chi connectivity index (χ1v) is 8.03. The molecule has 0 spiro atoms. The summed E-state index contributed by atoms with van der Waals surface area (Å²) >= 11 is 0. The molecule has 24 heavy (non-hydrogen) atoms. The fraction of sp³-hybridized carbons (Fsp3) is 0.471. The second kappa shape index (κ2) is 6.60. The van der Waals surface area contributed by atoms with E-state index in [-0.39, 0.29) is 42.7 Å². The zero-order valence-corrected chi connectivity index (χ0v) is 13.6. The zero-order valence-electron chi connectivity index (χ0n) is 13.6. The molecule has 7 nitrogen and oxygen atoms in total. The molecule has 1 atom stereocenters. The quantitative estimate of drug-likeness (QED) is 0.785. The van der Waals surface area contributed by atoms with Gasteiger partial charge in [0.05, 0.1) is 18.6 Å². The summed E-state index contributed by atoms with van der Waals surface area (Å²) < 4.78 is 0. The molecule has 128 valence electrons. The van der Waals surface area contributed by atoms with Gasteiger partial charge in [-0.2, -0.15) is 0 Å². The molecule has 1 aromatic carbocycles. The summed E-state index contributed by atoms with van der Waals surface area (Å²) in [6.45, 7) is 1.36. The number of likely N-dealkylation sites (tertiary alicyclic amines) is 2. The lowest BCUT2D eigenvalue weighted by atomic mass is 10.0. The summed E-state index contributed by atoms with van der Waals surface area (Å²) in [5.74, 6) is -0.501. The summed E-state index contributed by atoms with van der Waals surface area (Å²) in [7, 11) is 1.57. The third-order valence-electron chi connectivity index (χ3n) is 4.75. The van der Waals surface area contributed by atoms with Gasteiger partial charge in [0.25, 0.3) is 5.91 Å². The van der Waals surface area contributed by atoms with Crippen LogP contribution in [0.15, 0.2) is 24.3 Å². The van der Waals surface area contributed by atoms with Crippen molar-refractivity contribution in [2.75, 3.05) is 26.7 Å². The number of rotatable bonds is 4. The Balaban J connectivity index is 1.56. The van der Waals surface area contributed by atoms with Gasteiger partial charge in [0.1, 0.15) is 0 Å². The number of aliphatic hydroxyl groups excluding tert-OH is 1. The lowest BCUT2D eigenvalue weighted by Gasteiger charge is -2.44. The lowest BCUT2D eigenvalue weighted by Crippen LogP contribution is -2.61. The molecule has 0 aromatic heterocycles. The highest BCUT2D eigenvalue weighted by atomic mass is 16.3. The van der Waals surface area contributed by atoms with Crippen LogP contribution in [-0.2, 0) is 16.2 Å². The standard InChI is InChI=1S/C17H21N3O4/c1-18-16(23)13-6-15(22)20(7-13)14-8-19(9-14)17(24)12-4-2-11(10-21)3-5-12/h2-5,13-14,21H,6-10H2,1H3,(H,18,23). The number of nitrogens with one attached hydrogen (secondary N) is 1. The highest BCUT2D eigenvalue weighted by Crippen LogP contribution is 2.26. The van der Waals surface area contributed by atoms with Crippen LogP contribution in [0.5, 0.6) is 0 Å². The maximum absolute atomic E-state index is 12.4. The Morgan fingerprint density at radius 3 is 2.46 bits per heavy atom. The Hall–Kier alpha value is -2.41. The predicted octanol–water partition coefficient (Wildman–Crippen LogP) is -0.402. The molecule has 2 aliphatic rings. The van der Waals surface area contributed by atoms with Crippen molar-refractivity contribution in [1.29, 1.82) is 0 Å². The van der Waals surface area contributed by atoms with E-state index in [1.807, 2.05) is 0 Å². The van der Waals surface area contributed by atoms with E-state index in [1.165, 1.54) is 0 Å². The lowest BCUT2D eigenvalue weighted by molar-refractivity contribution is -0.132. The molecule has 2 fully saturated rings. The number of carbonyl (C=O) groups excluding carboxylic acids is 3. The van der Waals surface area contributed by atoms with E-state index >= 15 is 0 Å². The van der Waals surface area contributed by atoms with E-state index in [0.717, 1.165) is 5.56 Å². The van der Waals surface area contributed by atoms with Gasteiger partial charge < -0.3 is 20.2 Å². The zero-order chi connectivity index (χ0) is 17.3. The Morgan fingerprint density at radius 2 is 1.88 bits per heavy atom. The number of nitrogens with zero attached hydrogens (tertiary/aromatic N) is 2. The normalized spacial score (nSPS) is 20.9. The van der Waals surface area contributed by atoms with E-state index in [4.69, 9.17) is 5.11 Å². The minimum atomic E-state index is -0.293. The van der Waals surface area contributed by atoms with Crippen LogP contribution in [-0.4, -0.2) is 65.4 Å². The van der Waals surface area contributed by atoms with Crippen molar-refractivity contribution in [2.24, 2.45) is 5.92 Å². The van der Waals surface area contributed by atoms with Crippen molar-refractivity contribution in [1.82, 2.24) is 15.1 Å². The Morgan fingerprint density at radius 1 is 1.21 bits per heavy atom. The van der Waals surface area contributed by atoms with Crippen molar-refractivity contribution in [3.63, 3.8) is 0 Å². The molecule has 1 unspecified atom stereocenters. The smallest absolute Gasteiger partial charge is 0.253 e. The summed E-state index contributed by atoms with van der Waals surface area (Å²) in [4.78, 5) is 39.5. The Labute approximate surface area is 140 Å². The van der Waals surface area contributed by atoms with E-state index < -0.39 is 0 Å². The fourth-order valence-corrected chi connectivity index (χ4v) is 3.22. The molecule has 0 bridgehead atoms. The van der Waals surface area contributed by atoms with Gasteiger partial charge in [-0.15, -0.1) is 0 Å². The second-order valence-corrected chi connectivity index (χ2v) is 6.28. The minimum Gasteiger partial charge on any atom is -0.392 e. The maximum Gasteiger partial charge on any atom is 0.253 e. The van der Waals surface area contributed by atoms with Gasteiger partial charge in [-0.05, 0) is 17.7 Å². The van der Waals surface area contributed by atoms with Crippen LogP contribution in [0, 0.1) is 5.92 Å². The molecule has 2 N–H and O–H groups in total. The number of aliphatic hydroxyl groups is 1. The first-order chi connectivity index (χ1) is 11.5. The van der Waals surface area contributed by atoms with Gasteiger partial charge in [-0.25, -0.2) is 0 Å². The SMILES string of the molecule is CNC(=O)C1CC(=O)N(C2CN(C(=O)c3ccc(CO)cc3)C2)C1. The van der Waals surface area contributed by atoms with Gasteiger partial charge in [-0.3, -0.25) is 14.4 Å². The summed E-state index contributed by atoms with van der Waals surface area (Å²) in [5.41, 5.74) is 1.33. The van der Waals surface area contributed by atoms with Crippen molar-refractivity contribution in [3.05, 3.63) is 35.4 Å². The molecule has 3 rings (SSSR count). The van der Waals surface area contributed by atoms with E-state index in [0.29, 0.717) is 25.2 Å². The minimum absolute atomic E-state index is 0.00665. The van der Waals surface area contributed by atoms with Crippen molar-refractivity contribution < 1.29 is 19.5 Å². The van der Waals surface area contributed by atoms with Gasteiger partial charge >= 0.3 is 0 Å². The average molecular weight is 331 g/mol. The third kappa shape index (κ3) is 2.99. The van der Waals surface area contributed by atoms with Gasteiger partial charge in [0, 0.05) is 38.7 Å². The summed E-state index contributed by atoms with van der Waals surface area (Å²) in [6.07, 6.45) is 0.243. The van der Waals surface area contributed by atoms with Crippen LogP contribution in [0.25, 0.3) is 0 Å². The Bertz CT molecular complexity index is 652. The van der Waals surface area contributed by atoms with Crippen LogP contribution >= 0.6 is 0 Å². The molecule has 2 heterocycles. The van der Waals surface area contributed by atoms with Crippen LogP contribution in [0.4, 0.5) is 0 Å². The van der Waals surface area contributed by atoms with Crippen molar-refractivity contribution >= 4 is 17.7 Å². The molecule has 2 aliphatic heterocycles. The molecule has 3 amide bonds. The van der Waals surface area contributed by atoms with Crippen LogP contribution < -0.4 is 5.32 Å². The number of benzene rings is 1. The molecule has 2 saturated heterocycles. The summed E-state index contributed by atoms with van der Waals surface area (Å²) in [6, 6.07) is 6.84. The van der Waals surface area contributed by atoms with Gasteiger partial charge in [0.15, 0.2) is 0 Å². The van der Waals surface area contributed by atoms with E-state index in [9.17, 15) is 14.4 Å².